The van der Waals surface area contributed by atoms with Crippen LogP contribution in [-0.4, -0.2) is 18.7 Å². The van der Waals surface area contributed by atoms with Crippen LogP contribution in [-0.2, 0) is 9.63 Å². The number of rotatable bonds is 1. The summed E-state index contributed by atoms with van der Waals surface area (Å²) in [5, 5.41) is 6.40. The highest BCUT2D eigenvalue weighted by Crippen LogP contribution is 2.34. The number of oxime groups is 1. The summed E-state index contributed by atoms with van der Waals surface area (Å²) in [6.45, 7) is 0. The molecule has 1 N–H and O–H groups in total. The van der Waals surface area contributed by atoms with Crippen molar-refractivity contribution in [1.29, 1.82) is 0 Å². The van der Waals surface area contributed by atoms with E-state index in [1.807, 2.05) is 12.1 Å². The lowest BCUT2D eigenvalue weighted by atomic mass is 10.1. The summed E-state index contributed by atoms with van der Waals surface area (Å²) in [5.41, 5.74) is 1.73. The third-order valence-corrected chi connectivity index (χ3v) is 3.03. The molecular formula is C9H6Br2N2O2. The van der Waals surface area contributed by atoms with Crippen molar-refractivity contribution < 1.29 is 9.63 Å². The fraction of sp³-hybridized carbons (Fsp3) is 0.111. The number of hydrogen-bond acceptors (Lipinski definition) is 3. The molecule has 0 atom stereocenters. The Kier molecular flexibility index (Phi) is 2.79. The summed E-state index contributed by atoms with van der Waals surface area (Å²) in [5.74, 6) is -0.259. The minimum atomic E-state index is -0.259. The van der Waals surface area contributed by atoms with Gasteiger partial charge < -0.3 is 10.2 Å². The van der Waals surface area contributed by atoms with Crippen LogP contribution in [0.4, 0.5) is 5.69 Å². The van der Waals surface area contributed by atoms with Crippen molar-refractivity contribution in [2.24, 2.45) is 5.16 Å². The molecule has 1 aliphatic heterocycles. The van der Waals surface area contributed by atoms with Crippen LogP contribution >= 0.6 is 31.9 Å². The fourth-order valence-electron chi connectivity index (χ4n) is 1.36. The molecule has 0 aliphatic carbocycles. The molecule has 1 amide bonds. The molecule has 1 aromatic rings. The smallest absolute Gasteiger partial charge is 0.278 e. The van der Waals surface area contributed by atoms with Crippen LogP contribution in [0.1, 0.15) is 5.56 Å². The van der Waals surface area contributed by atoms with Gasteiger partial charge in [0.25, 0.3) is 5.91 Å². The molecule has 4 nitrogen and oxygen atoms in total. The largest absolute Gasteiger partial charge is 0.398 e. The lowest BCUT2D eigenvalue weighted by Gasteiger charge is -2.01. The van der Waals surface area contributed by atoms with Crippen molar-refractivity contribution >= 4 is 49.2 Å². The Balaban J connectivity index is 2.63. The minimum Gasteiger partial charge on any atom is -0.398 e. The number of carbonyl (C=O) groups is 1. The number of benzene rings is 1. The molecule has 0 unspecified atom stereocenters. The van der Waals surface area contributed by atoms with Gasteiger partial charge >= 0.3 is 0 Å². The van der Waals surface area contributed by atoms with E-state index in [1.165, 1.54) is 7.11 Å². The van der Waals surface area contributed by atoms with Crippen LogP contribution in [0.2, 0.25) is 0 Å². The van der Waals surface area contributed by atoms with Gasteiger partial charge in [-0.3, -0.25) is 4.79 Å². The molecule has 0 saturated carbocycles. The first-order chi connectivity index (χ1) is 7.13. The van der Waals surface area contributed by atoms with E-state index in [9.17, 15) is 4.79 Å². The maximum Gasteiger partial charge on any atom is 0.278 e. The number of anilines is 1. The van der Waals surface area contributed by atoms with Gasteiger partial charge in [0.05, 0.1) is 5.69 Å². The summed E-state index contributed by atoms with van der Waals surface area (Å²) in [6.07, 6.45) is 0. The van der Waals surface area contributed by atoms with Gasteiger partial charge in [-0.2, -0.15) is 0 Å². The first-order valence-corrected chi connectivity index (χ1v) is 5.64. The number of nitrogens with one attached hydrogen (secondary N) is 1. The molecular weight excluding hydrogens is 328 g/mol. The molecule has 0 fully saturated rings. The van der Waals surface area contributed by atoms with Gasteiger partial charge in [-0.1, -0.05) is 21.1 Å². The van der Waals surface area contributed by atoms with Gasteiger partial charge in [0.15, 0.2) is 5.71 Å². The number of fused-ring (bicyclic) bond motifs is 1. The Morgan fingerprint density at radius 2 is 2.13 bits per heavy atom. The number of hydrogen-bond donors (Lipinski definition) is 1. The molecule has 0 bridgehead atoms. The zero-order chi connectivity index (χ0) is 11.0. The Morgan fingerprint density at radius 3 is 2.80 bits per heavy atom. The molecule has 2 rings (SSSR count). The third kappa shape index (κ3) is 1.79. The standard InChI is InChI=1S/C9H6Br2N2O2/c1-15-13-8-5-2-4(10)3-6(11)7(5)12-9(8)14/h2-3H,1H3,(H,12,13,14). The van der Waals surface area contributed by atoms with Crippen molar-refractivity contribution in [3.63, 3.8) is 0 Å². The number of halogens is 2. The molecule has 0 aromatic heterocycles. The van der Waals surface area contributed by atoms with Crippen LogP contribution in [0.5, 0.6) is 0 Å². The quantitative estimate of drug-likeness (QED) is 0.803. The first kappa shape index (κ1) is 10.6. The van der Waals surface area contributed by atoms with Crippen molar-refractivity contribution in [2.45, 2.75) is 0 Å². The van der Waals surface area contributed by atoms with Crippen LogP contribution in [0.3, 0.4) is 0 Å². The molecule has 1 aromatic carbocycles. The Labute approximate surface area is 103 Å². The number of carbonyl (C=O) groups excluding carboxylic acids is 1. The van der Waals surface area contributed by atoms with Crippen LogP contribution < -0.4 is 5.32 Å². The van der Waals surface area contributed by atoms with Crippen molar-refractivity contribution in [3.05, 3.63) is 26.6 Å². The highest BCUT2D eigenvalue weighted by atomic mass is 79.9. The SMILES string of the molecule is CO/N=C1\C(=O)Nc2c(Br)cc(Br)cc21. The monoisotopic (exact) mass is 332 g/mol. The van der Waals surface area contributed by atoms with E-state index in [-0.39, 0.29) is 11.6 Å². The Hall–Kier alpha value is -0.880. The Morgan fingerprint density at radius 1 is 1.40 bits per heavy atom. The first-order valence-electron chi connectivity index (χ1n) is 4.05. The number of amides is 1. The zero-order valence-electron chi connectivity index (χ0n) is 7.67. The second kappa shape index (κ2) is 3.94. The van der Waals surface area contributed by atoms with Gasteiger partial charge in [-0.25, -0.2) is 0 Å². The van der Waals surface area contributed by atoms with E-state index in [2.05, 4.69) is 47.2 Å². The van der Waals surface area contributed by atoms with Gasteiger partial charge in [-0.05, 0) is 28.1 Å². The van der Waals surface area contributed by atoms with Gasteiger partial charge in [0.2, 0.25) is 0 Å². The molecule has 0 spiro atoms. The molecule has 1 aliphatic rings. The van der Waals surface area contributed by atoms with Crippen molar-refractivity contribution in [3.8, 4) is 0 Å². The van der Waals surface area contributed by atoms with E-state index in [0.29, 0.717) is 0 Å². The maximum atomic E-state index is 11.5. The molecule has 15 heavy (non-hydrogen) atoms. The summed E-state index contributed by atoms with van der Waals surface area (Å²) in [4.78, 5) is 16.2. The highest BCUT2D eigenvalue weighted by Gasteiger charge is 2.28. The lowest BCUT2D eigenvalue weighted by molar-refractivity contribution is -0.110. The van der Waals surface area contributed by atoms with E-state index < -0.39 is 0 Å². The van der Waals surface area contributed by atoms with E-state index in [0.717, 1.165) is 20.2 Å². The van der Waals surface area contributed by atoms with E-state index >= 15 is 0 Å². The fourth-order valence-corrected chi connectivity index (χ4v) is 2.69. The summed E-state index contributed by atoms with van der Waals surface area (Å²) in [7, 11) is 1.41. The topological polar surface area (TPSA) is 50.7 Å². The van der Waals surface area contributed by atoms with Crippen molar-refractivity contribution in [1.82, 2.24) is 0 Å². The van der Waals surface area contributed by atoms with E-state index in [4.69, 9.17) is 0 Å². The average Bonchev–Trinajstić information content (AvgIpc) is 2.46. The predicted molar refractivity (Wildman–Crippen MR) is 64.0 cm³/mol. The third-order valence-electron chi connectivity index (χ3n) is 1.95. The number of nitrogens with zero attached hydrogens (tertiary/aromatic N) is 1. The molecule has 1 heterocycles. The van der Waals surface area contributed by atoms with Crippen LogP contribution in [0.25, 0.3) is 0 Å². The normalized spacial score (nSPS) is 16.5. The Bertz CT molecular complexity index is 471. The van der Waals surface area contributed by atoms with Gasteiger partial charge in [0.1, 0.15) is 7.11 Å². The maximum absolute atomic E-state index is 11.5. The van der Waals surface area contributed by atoms with Gasteiger partial charge in [0, 0.05) is 14.5 Å². The molecule has 0 saturated heterocycles. The van der Waals surface area contributed by atoms with E-state index in [1.54, 1.807) is 0 Å². The van der Waals surface area contributed by atoms with Crippen LogP contribution in [0, 0.1) is 0 Å². The minimum absolute atomic E-state index is 0.259. The summed E-state index contributed by atoms with van der Waals surface area (Å²) >= 11 is 6.71. The second-order valence-electron chi connectivity index (χ2n) is 2.89. The van der Waals surface area contributed by atoms with Crippen LogP contribution in [0.15, 0.2) is 26.2 Å². The predicted octanol–water partition coefficient (Wildman–Crippen LogP) is 2.51. The van der Waals surface area contributed by atoms with Crippen molar-refractivity contribution in [2.75, 3.05) is 12.4 Å². The van der Waals surface area contributed by atoms with Gasteiger partial charge in [-0.15, -0.1) is 0 Å². The lowest BCUT2D eigenvalue weighted by Crippen LogP contribution is -2.14. The average molecular weight is 334 g/mol. The second-order valence-corrected chi connectivity index (χ2v) is 4.66. The molecule has 78 valence electrons. The molecule has 6 heteroatoms. The zero-order valence-corrected chi connectivity index (χ0v) is 10.8. The molecule has 0 radical (unpaired) electrons. The summed E-state index contributed by atoms with van der Waals surface area (Å²) in [6, 6.07) is 3.67. The summed E-state index contributed by atoms with van der Waals surface area (Å²) < 4.78 is 1.68. The highest BCUT2D eigenvalue weighted by molar-refractivity contribution is 9.11.